The minimum Gasteiger partial charge on any atom is -0.746 e. The molecule has 0 saturated carbocycles. The van der Waals surface area contributed by atoms with Crippen LogP contribution in [0, 0.1) is 0 Å². The van der Waals surface area contributed by atoms with Crippen molar-refractivity contribution in [3.8, 4) is 11.5 Å². The van der Waals surface area contributed by atoms with Crippen molar-refractivity contribution < 1.29 is 37.8 Å². The van der Waals surface area contributed by atoms with Gasteiger partial charge in [0.05, 0.1) is 0 Å². The number of benzene rings is 4. The molecule has 0 fully saturated rings. The Bertz CT molecular complexity index is 1160. The van der Waals surface area contributed by atoms with Crippen LogP contribution in [-0.2, 0) is 9.13 Å². The molecule has 0 spiro atoms. The largest absolute Gasteiger partial charge is 2.00 e. The van der Waals surface area contributed by atoms with Gasteiger partial charge in [0, 0.05) is 10.8 Å². The monoisotopic (exact) mass is 487 g/mol. The number of fused-ring (bicyclic) bond motifs is 2. The van der Waals surface area contributed by atoms with E-state index < -0.39 is 15.6 Å². The second kappa shape index (κ2) is 10.9. The molecule has 3 N–H and O–H groups in total. The Labute approximate surface area is 207 Å². The first-order chi connectivity index (χ1) is 14.1. The molecule has 0 aliphatic heterocycles. The van der Waals surface area contributed by atoms with E-state index in [-0.39, 0.29) is 49.2 Å². The summed E-state index contributed by atoms with van der Waals surface area (Å²) in [5.41, 5.74) is 0. The smallest absolute Gasteiger partial charge is 0.746 e. The second-order valence-electron chi connectivity index (χ2n) is 6.10. The van der Waals surface area contributed by atoms with E-state index in [0.29, 0.717) is 10.8 Å². The van der Waals surface area contributed by atoms with Gasteiger partial charge >= 0.3 is 53.4 Å². The zero-order chi connectivity index (χ0) is 21.8. The number of phosphoric ester groups is 2. The van der Waals surface area contributed by atoms with Crippen molar-refractivity contribution in [2.24, 2.45) is 0 Å². The van der Waals surface area contributed by atoms with Gasteiger partial charge in [-0.05, 0) is 22.9 Å². The van der Waals surface area contributed by atoms with Crippen LogP contribution in [0.15, 0.2) is 84.9 Å². The van der Waals surface area contributed by atoms with Gasteiger partial charge in [0.1, 0.15) is 11.5 Å². The molecule has 0 aromatic heterocycles. The fraction of sp³-hybridized carbons (Fsp3) is 0. The third-order valence-corrected chi connectivity index (χ3v) is 4.79. The average Bonchev–Trinajstić information content (AvgIpc) is 2.67. The maximum absolute atomic E-state index is 10.7. The third kappa shape index (κ3) is 7.88. The van der Waals surface area contributed by atoms with Crippen LogP contribution in [0.2, 0.25) is 0 Å². The predicted molar refractivity (Wildman–Crippen MR) is 117 cm³/mol. The van der Waals surface area contributed by atoms with Crippen LogP contribution >= 0.6 is 15.6 Å². The van der Waals surface area contributed by atoms with Crippen LogP contribution in [0.3, 0.4) is 0 Å². The van der Waals surface area contributed by atoms with Crippen molar-refractivity contribution in [2.45, 2.75) is 0 Å². The number of hydrogen-bond donors (Lipinski definition) is 3. The summed E-state index contributed by atoms with van der Waals surface area (Å²) in [6, 6.07) is 24.4. The molecule has 8 nitrogen and oxygen atoms in total. The molecule has 0 aliphatic carbocycles. The van der Waals surface area contributed by atoms with E-state index in [1.807, 2.05) is 36.4 Å². The summed E-state index contributed by atoms with van der Waals surface area (Å²) < 4.78 is 30.4. The number of hydrogen-bond acceptors (Lipinski definition) is 5. The van der Waals surface area contributed by atoms with E-state index in [4.69, 9.17) is 14.7 Å². The second-order valence-corrected chi connectivity index (χ2v) is 8.38. The standard InChI is InChI=1S/2C10H9O4P.Ca/c2*11-15(12,13)14-10-7-3-5-8-4-1-2-6-9(8)10;/h2*1-7H,(H2,11,12,13);/q;;+2/p-1. The van der Waals surface area contributed by atoms with Crippen LogP contribution in [0.1, 0.15) is 0 Å². The molecule has 4 aromatic carbocycles. The maximum Gasteiger partial charge on any atom is 2.00 e. The van der Waals surface area contributed by atoms with Gasteiger partial charge in [-0.25, -0.2) is 4.57 Å². The average molecular weight is 487 g/mol. The first kappa shape index (κ1) is 25.8. The molecule has 0 radical (unpaired) electrons. The zero-order valence-corrected chi connectivity index (χ0v) is 20.1. The normalized spacial score (nSPS) is 12.8. The SMILES string of the molecule is O=P(O)(O)Oc1cccc2ccccc12.O=P([O-])(O)Oc1cccc2ccccc12.[Ca+2]. The van der Waals surface area contributed by atoms with E-state index in [1.54, 1.807) is 36.4 Å². The van der Waals surface area contributed by atoms with Crippen molar-refractivity contribution in [1.29, 1.82) is 0 Å². The van der Waals surface area contributed by atoms with E-state index in [1.165, 1.54) is 12.1 Å². The Morgan fingerprint density at radius 1 is 0.613 bits per heavy atom. The summed E-state index contributed by atoms with van der Waals surface area (Å²) in [6.07, 6.45) is 0. The molecule has 0 aliphatic rings. The van der Waals surface area contributed by atoms with Gasteiger partial charge in [-0.3, -0.25) is 14.4 Å². The minimum absolute atomic E-state index is 0. The minimum atomic E-state index is -4.74. The van der Waals surface area contributed by atoms with Crippen molar-refractivity contribution in [3.63, 3.8) is 0 Å². The summed E-state index contributed by atoms with van der Waals surface area (Å²) in [6.45, 7) is 0. The van der Waals surface area contributed by atoms with Gasteiger partial charge in [-0.15, -0.1) is 0 Å². The summed E-state index contributed by atoms with van der Waals surface area (Å²) in [4.78, 5) is 36.7. The van der Waals surface area contributed by atoms with Crippen LogP contribution in [0.4, 0.5) is 0 Å². The van der Waals surface area contributed by atoms with Crippen LogP contribution in [0.25, 0.3) is 21.5 Å². The molecular weight excluding hydrogens is 470 g/mol. The van der Waals surface area contributed by atoms with E-state index in [9.17, 15) is 14.0 Å². The molecule has 0 bridgehead atoms. The van der Waals surface area contributed by atoms with Crippen molar-refractivity contribution in [3.05, 3.63) is 84.9 Å². The van der Waals surface area contributed by atoms with Crippen molar-refractivity contribution >= 4 is 74.9 Å². The van der Waals surface area contributed by atoms with E-state index >= 15 is 0 Å². The Morgan fingerprint density at radius 2 is 1.00 bits per heavy atom. The molecule has 4 aromatic rings. The van der Waals surface area contributed by atoms with Crippen LogP contribution in [-0.4, -0.2) is 52.4 Å². The number of phosphoric acid groups is 2. The van der Waals surface area contributed by atoms with Crippen LogP contribution in [0.5, 0.6) is 11.5 Å². The van der Waals surface area contributed by atoms with Gasteiger partial charge in [0.2, 0.25) is 0 Å². The molecular formula is C20H17CaO8P2+. The molecule has 4 rings (SSSR count). The molecule has 0 heterocycles. The first-order valence-corrected chi connectivity index (χ1v) is 11.6. The van der Waals surface area contributed by atoms with Crippen LogP contribution < -0.4 is 13.9 Å². The van der Waals surface area contributed by atoms with Gasteiger partial charge < -0.3 is 18.8 Å². The van der Waals surface area contributed by atoms with E-state index in [0.717, 1.165) is 10.8 Å². The van der Waals surface area contributed by atoms with Crippen molar-refractivity contribution in [1.82, 2.24) is 0 Å². The maximum atomic E-state index is 10.7. The van der Waals surface area contributed by atoms with Crippen molar-refractivity contribution in [2.75, 3.05) is 0 Å². The Hall–Kier alpha value is -1.44. The molecule has 31 heavy (non-hydrogen) atoms. The summed E-state index contributed by atoms with van der Waals surface area (Å²) in [7, 11) is -9.23. The zero-order valence-electron chi connectivity index (χ0n) is 16.1. The summed E-state index contributed by atoms with van der Waals surface area (Å²) >= 11 is 0. The summed E-state index contributed by atoms with van der Waals surface area (Å²) in [5, 5.41) is 3.06. The van der Waals surface area contributed by atoms with Gasteiger partial charge in [0.15, 0.2) is 0 Å². The molecule has 156 valence electrons. The van der Waals surface area contributed by atoms with E-state index in [2.05, 4.69) is 9.05 Å². The quantitative estimate of drug-likeness (QED) is 0.293. The van der Waals surface area contributed by atoms with Gasteiger partial charge in [-0.2, -0.15) is 0 Å². The molecule has 11 heteroatoms. The fourth-order valence-corrected chi connectivity index (χ4v) is 3.63. The predicted octanol–water partition coefficient (Wildman–Crippen LogP) is 3.61. The third-order valence-electron chi connectivity index (χ3n) is 3.93. The Kier molecular flexibility index (Phi) is 9.10. The van der Waals surface area contributed by atoms with Gasteiger partial charge in [-0.1, -0.05) is 72.8 Å². The fourth-order valence-electron chi connectivity index (χ4n) is 2.80. The molecule has 0 amide bonds. The molecule has 1 atom stereocenters. The molecule has 1 unspecified atom stereocenters. The first-order valence-electron chi connectivity index (χ1n) is 8.56. The van der Waals surface area contributed by atoms with Gasteiger partial charge in [0.25, 0.3) is 0 Å². The topological polar surface area (TPSA) is 136 Å². The summed E-state index contributed by atoms with van der Waals surface area (Å²) in [5.74, 6) is 0.329. The Balaban J connectivity index is 0.000000213. The molecule has 0 saturated heterocycles. The number of rotatable bonds is 4. The Morgan fingerprint density at radius 3 is 1.42 bits per heavy atom.